The zero-order chi connectivity index (χ0) is 12.5. The van der Waals surface area contributed by atoms with Crippen LogP contribution in [-0.2, 0) is 7.05 Å². The molecule has 0 amide bonds. The van der Waals surface area contributed by atoms with Crippen molar-refractivity contribution in [1.29, 1.82) is 0 Å². The monoisotopic (exact) mass is 303 g/mol. The van der Waals surface area contributed by atoms with Gasteiger partial charge in [0.15, 0.2) is 0 Å². The van der Waals surface area contributed by atoms with Crippen LogP contribution < -0.4 is 5.32 Å². The maximum absolute atomic E-state index is 4.32. The fourth-order valence-electron chi connectivity index (χ4n) is 1.71. The minimum atomic E-state index is 0.777. The topological polar surface area (TPSA) is 55.6 Å². The van der Waals surface area contributed by atoms with Crippen molar-refractivity contribution >= 4 is 38.6 Å². The number of anilines is 2. The molecule has 0 aliphatic heterocycles. The Bertz CT molecular complexity index is 707. The third-order valence-electron chi connectivity index (χ3n) is 2.65. The standard InChI is InChI=1S/C12H10BrN5/c1-18-7-6-16-12(18)17-8-2-3-9-11(10(8)13)15-5-4-14-9/h2-7H,1H3,(H,16,17). The van der Waals surface area contributed by atoms with Crippen molar-refractivity contribution in [3.63, 3.8) is 0 Å². The molecule has 0 aliphatic rings. The van der Waals surface area contributed by atoms with Gasteiger partial charge in [-0.15, -0.1) is 0 Å². The molecule has 3 aromatic rings. The van der Waals surface area contributed by atoms with Gasteiger partial charge < -0.3 is 9.88 Å². The lowest BCUT2D eigenvalue weighted by atomic mass is 10.2. The summed E-state index contributed by atoms with van der Waals surface area (Å²) in [7, 11) is 1.93. The largest absolute Gasteiger partial charge is 0.325 e. The number of benzene rings is 1. The van der Waals surface area contributed by atoms with E-state index in [1.54, 1.807) is 18.6 Å². The van der Waals surface area contributed by atoms with E-state index in [4.69, 9.17) is 0 Å². The van der Waals surface area contributed by atoms with Crippen molar-refractivity contribution in [3.05, 3.63) is 41.4 Å². The van der Waals surface area contributed by atoms with Crippen molar-refractivity contribution in [2.45, 2.75) is 0 Å². The van der Waals surface area contributed by atoms with Crippen molar-refractivity contribution < 1.29 is 0 Å². The SMILES string of the molecule is Cn1ccnc1Nc1ccc2nccnc2c1Br. The third-order valence-corrected chi connectivity index (χ3v) is 3.45. The van der Waals surface area contributed by atoms with E-state index < -0.39 is 0 Å². The molecule has 0 spiro atoms. The van der Waals surface area contributed by atoms with Crippen LogP contribution in [0.15, 0.2) is 41.4 Å². The molecule has 18 heavy (non-hydrogen) atoms. The highest BCUT2D eigenvalue weighted by atomic mass is 79.9. The van der Waals surface area contributed by atoms with Gasteiger partial charge in [0.1, 0.15) is 5.52 Å². The van der Waals surface area contributed by atoms with Gasteiger partial charge in [-0.1, -0.05) is 0 Å². The van der Waals surface area contributed by atoms with Gasteiger partial charge in [-0.25, -0.2) is 4.98 Å². The molecule has 5 nitrogen and oxygen atoms in total. The smallest absolute Gasteiger partial charge is 0.207 e. The number of rotatable bonds is 2. The van der Waals surface area contributed by atoms with E-state index in [-0.39, 0.29) is 0 Å². The second kappa shape index (κ2) is 4.38. The Balaban J connectivity index is 2.08. The van der Waals surface area contributed by atoms with Crippen LogP contribution in [0, 0.1) is 0 Å². The molecule has 90 valence electrons. The first-order chi connectivity index (χ1) is 8.75. The minimum absolute atomic E-state index is 0.777. The number of imidazole rings is 1. The van der Waals surface area contributed by atoms with Crippen LogP contribution in [0.3, 0.4) is 0 Å². The van der Waals surface area contributed by atoms with Crippen molar-refractivity contribution in [1.82, 2.24) is 19.5 Å². The molecular weight excluding hydrogens is 294 g/mol. The highest BCUT2D eigenvalue weighted by Gasteiger charge is 2.08. The number of nitrogens with one attached hydrogen (secondary N) is 1. The number of hydrogen-bond donors (Lipinski definition) is 1. The van der Waals surface area contributed by atoms with Gasteiger partial charge in [-0.3, -0.25) is 9.97 Å². The highest BCUT2D eigenvalue weighted by molar-refractivity contribution is 9.10. The molecule has 0 unspecified atom stereocenters. The second-order valence-electron chi connectivity index (χ2n) is 3.84. The lowest BCUT2D eigenvalue weighted by molar-refractivity contribution is 0.924. The summed E-state index contributed by atoms with van der Waals surface area (Å²) in [6.45, 7) is 0. The molecule has 2 aromatic heterocycles. The molecule has 1 N–H and O–H groups in total. The van der Waals surface area contributed by atoms with Crippen LogP contribution in [0.1, 0.15) is 0 Å². The van der Waals surface area contributed by atoms with E-state index in [9.17, 15) is 0 Å². The zero-order valence-electron chi connectivity index (χ0n) is 9.63. The summed E-state index contributed by atoms with van der Waals surface area (Å²) in [5.41, 5.74) is 2.60. The van der Waals surface area contributed by atoms with Crippen LogP contribution in [0.2, 0.25) is 0 Å². The Kier molecular flexibility index (Phi) is 2.71. The van der Waals surface area contributed by atoms with E-state index in [2.05, 4.69) is 36.2 Å². The van der Waals surface area contributed by atoms with E-state index in [1.165, 1.54) is 0 Å². The van der Waals surface area contributed by atoms with Crippen LogP contribution in [0.25, 0.3) is 11.0 Å². The summed E-state index contributed by atoms with van der Waals surface area (Å²) < 4.78 is 2.80. The van der Waals surface area contributed by atoms with Crippen LogP contribution in [0.5, 0.6) is 0 Å². The molecular formula is C12H10BrN5. The Morgan fingerprint density at radius 3 is 2.72 bits per heavy atom. The van der Waals surface area contributed by atoms with Crippen molar-refractivity contribution in [3.8, 4) is 0 Å². The first-order valence-electron chi connectivity index (χ1n) is 5.39. The highest BCUT2D eigenvalue weighted by Crippen LogP contribution is 2.30. The second-order valence-corrected chi connectivity index (χ2v) is 4.63. The fourth-order valence-corrected chi connectivity index (χ4v) is 2.24. The molecule has 1 aromatic carbocycles. The van der Waals surface area contributed by atoms with Gasteiger partial charge in [0.25, 0.3) is 0 Å². The normalized spacial score (nSPS) is 10.8. The van der Waals surface area contributed by atoms with E-state index >= 15 is 0 Å². The molecule has 0 bridgehead atoms. The molecule has 0 atom stereocenters. The van der Waals surface area contributed by atoms with Crippen molar-refractivity contribution in [2.75, 3.05) is 5.32 Å². The van der Waals surface area contributed by atoms with Gasteiger partial charge in [-0.05, 0) is 28.1 Å². The van der Waals surface area contributed by atoms with Gasteiger partial charge in [0.2, 0.25) is 5.95 Å². The first-order valence-corrected chi connectivity index (χ1v) is 6.18. The van der Waals surface area contributed by atoms with Gasteiger partial charge in [-0.2, -0.15) is 0 Å². The van der Waals surface area contributed by atoms with Crippen LogP contribution in [0.4, 0.5) is 11.6 Å². The predicted molar refractivity (Wildman–Crippen MR) is 73.7 cm³/mol. The molecule has 0 saturated carbocycles. The minimum Gasteiger partial charge on any atom is -0.325 e. The van der Waals surface area contributed by atoms with Gasteiger partial charge in [0, 0.05) is 31.8 Å². The number of halogens is 1. The van der Waals surface area contributed by atoms with Crippen molar-refractivity contribution in [2.24, 2.45) is 7.05 Å². The summed E-state index contributed by atoms with van der Waals surface area (Å²) >= 11 is 3.55. The summed E-state index contributed by atoms with van der Waals surface area (Å²) in [6, 6.07) is 3.88. The molecule has 0 fully saturated rings. The summed E-state index contributed by atoms with van der Waals surface area (Å²) in [6.07, 6.45) is 6.99. The predicted octanol–water partition coefficient (Wildman–Crippen LogP) is 2.87. The third kappa shape index (κ3) is 1.84. The maximum Gasteiger partial charge on any atom is 0.207 e. The number of fused-ring (bicyclic) bond motifs is 1. The maximum atomic E-state index is 4.32. The molecule has 0 aliphatic carbocycles. The average Bonchev–Trinajstić information content (AvgIpc) is 2.79. The lowest BCUT2D eigenvalue weighted by Crippen LogP contribution is -1.99. The molecule has 2 heterocycles. The number of aromatic nitrogens is 4. The number of hydrogen-bond acceptors (Lipinski definition) is 4. The van der Waals surface area contributed by atoms with Crippen LogP contribution >= 0.6 is 15.9 Å². The molecule has 6 heteroatoms. The fraction of sp³-hybridized carbons (Fsp3) is 0.0833. The van der Waals surface area contributed by atoms with Gasteiger partial charge in [0.05, 0.1) is 15.7 Å². The van der Waals surface area contributed by atoms with Crippen LogP contribution in [-0.4, -0.2) is 19.5 Å². The zero-order valence-corrected chi connectivity index (χ0v) is 11.2. The first kappa shape index (κ1) is 11.2. The Morgan fingerprint density at radius 2 is 1.94 bits per heavy atom. The summed E-state index contributed by atoms with van der Waals surface area (Å²) in [5.74, 6) is 0.777. The molecule has 3 rings (SSSR count). The number of aryl methyl sites for hydroxylation is 1. The van der Waals surface area contributed by atoms with Gasteiger partial charge >= 0.3 is 0 Å². The molecule has 0 radical (unpaired) electrons. The van der Waals surface area contributed by atoms with E-state index in [0.717, 1.165) is 27.1 Å². The van der Waals surface area contributed by atoms with E-state index in [1.807, 2.05) is 29.9 Å². The average molecular weight is 304 g/mol. The quantitative estimate of drug-likeness (QED) is 0.791. The van der Waals surface area contributed by atoms with E-state index in [0.29, 0.717) is 0 Å². The molecule has 0 saturated heterocycles. The summed E-state index contributed by atoms with van der Waals surface area (Å²) in [5, 5.41) is 3.25. The Labute approximate surface area is 112 Å². The summed E-state index contributed by atoms with van der Waals surface area (Å²) in [4.78, 5) is 12.8. The Morgan fingerprint density at radius 1 is 1.11 bits per heavy atom. The number of nitrogens with zero attached hydrogens (tertiary/aromatic N) is 4. The Hall–Kier alpha value is -1.95. The lowest BCUT2D eigenvalue weighted by Gasteiger charge is -2.09.